The molecule has 0 unspecified atom stereocenters. The Bertz CT molecular complexity index is 302. The van der Waals surface area contributed by atoms with Crippen LogP contribution >= 0.6 is 0 Å². The van der Waals surface area contributed by atoms with Gasteiger partial charge < -0.3 is 9.64 Å². The van der Waals surface area contributed by atoms with Gasteiger partial charge in [-0.1, -0.05) is 20.8 Å². The van der Waals surface area contributed by atoms with Crippen LogP contribution in [-0.4, -0.2) is 61.0 Å². The Morgan fingerprint density at radius 1 is 1.11 bits per heavy atom. The van der Waals surface area contributed by atoms with Crippen molar-refractivity contribution in [1.29, 1.82) is 0 Å². The minimum Gasteiger partial charge on any atom is -0.465 e. The van der Waals surface area contributed by atoms with Crippen LogP contribution < -0.4 is 0 Å². The molecule has 5 nitrogen and oxygen atoms in total. The molecule has 1 amide bonds. The minimum atomic E-state index is -0.330. The van der Waals surface area contributed by atoms with Gasteiger partial charge in [-0.25, -0.2) is 0 Å². The predicted molar refractivity (Wildman–Crippen MR) is 69.1 cm³/mol. The number of esters is 1. The second kappa shape index (κ2) is 6.18. The molecule has 0 N–H and O–H groups in total. The summed E-state index contributed by atoms with van der Waals surface area (Å²) in [6.45, 7) is 11.2. The van der Waals surface area contributed by atoms with Crippen molar-refractivity contribution in [1.82, 2.24) is 9.80 Å². The number of hydrogen-bond acceptors (Lipinski definition) is 4. The molecule has 1 aliphatic rings. The van der Waals surface area contributed by atoms with Gasteiger partial charge in [-0.05, 0) is 6.92 Å². The summed E-state index contributed by atoms with van der Waals surface area (Å²) in [6, 6.07) is 0. The Labute approximate surface area is 109 Å². The van der Waals surface area contributed by atoms with Gasteiger partial charge in [-0.3, -0.25) is 14.5 Å². The highest BCUT2D eigenvalue weighted by molar-refractivity contribution is 5.81. The molecule has 1 fully saturated rings. The first kappa shape index (κ1) is 15.0. The monoisotopic (exact) mass is 256 g/mol. The van der Waals surface area contributed by atoms with Gasteiger partial charge in [0.2, 0.25) is 5.91 Å². The van der Waals surface area contributed by atoms with Crippen LogP contribution in [0.3, 0.4) is 0 Å². The number of ether oxygens (including phenoxy) is 1. The van der Waals surface area contributed by atoms with E-state index in [-0.39, 0.29) is 17.3 Å². The maximum atomic E-state index is 12.1. The van der Waals surface area contributed by atoms with Gasteiger partial charge in [-0.15, -0.1) is 0 Å². The molecule has 1 heterocycles. The van der Waals surface area contributed by atoms with E-state index < -0.39 is 0 Å². The summed E-state index contributed by atoms with van der Waals surface area (Å²) >= 11 is 0. The Kier molecular flexibility index (Phi) is 5.14. The highest BCUT2D eigenvalue weighted by Gasteiger charge is 2.30. The molecule has 5 heteroatoms. The number of piperazine rings is 1. The van der Waals surface area contributed by atoms with Crippen molar-refractivity contribution in [2.24, 2.45) is 5.41 Å². The molecule has 0 spiro atoms. The maximum Gasteiger partial charge on any atom is 0.320 e. The van der Waals surface area contributed by atoms with Crippen LogP contribution in [0.5, 0.6) is 0 Å². The van der Waals surface area contributed by atoms with E-state index >= 15 is 0 Å². The third kappa shape index (κ3) is 4.29. The lowest BCUT2D eigenvalue weighted by Crippen LogP contribution is -2.52. The zero-order chi connectivity index (χ0) is 13.8. The standard InChI is InChI=1S/C13H24N2O3/c1-5-18-11(16)10-14-6-8-15(9-7-14)12(17)13(2,3)4/h5-10H2,1-4H3. The predicted octanol–water partition coefficient (Wildman–Crippen LogP) is 0.740. The summed E-state index contributed by atoms with van der Waals surface area (Å²) in [7, 11) is 0. The number of carbonyl (C=O) groups excluding carboxylic acids is 2. The fraction of sp³-hybridized carbons (Fsp3) is 0.846. The van der Waals surface area contributed by atoms with E-state index in [1.165, 1.54) is 0 Å². The lowest BCUT2D eigenvalue weighted by atomic mass is 9.94. The molecule has 0 atom stereocenters. The summed E-state index contributed by atoms with van der Waals surface area (Å²) < 4.78 is 4.91. The first-order chi connectivity index (χ1) is 8.34. The fourth-order valence-electron chi connectivity index (χ4n) is 1.97. The first-order valence-electron chi connectivity index (χ1n) is 6.52. The van der Waals surface area contributed by atoms with Crippen molar-refractivity contribution < 1.29 is 14.3 Å². The molecule has 0 aromatic carbocycles. The number of hydrogen-bond donors (Lipinski definition) is 0. The molecule has 0 bridgehead atoms. The van der Waals surface area contributed by atoms with Gasteiger partial charge >= 0.3 is 5.97 Å². The Morgan fingerprint density at radius 3 is 2.11 bits per heavy atom. The number of nitrogens with zero attached hydrogens (tertiary/aromatic N) is 2. The van der Waals surface area contributed by atoms with Crippen molar-refractivity contribution in [2.45, 2.75) is 27.7 Å². The molecule has 0 saturated carbocycles. The van der Waals surface area contributed by atoms with E-state index in [2.05, 4.69) is 0 Å². The minimum absolute atomic E-state index is 0.179. The molecular weight excluding hydrogens is 232 g/mol. The van der Waals surface area contributed by atoms with Crippen molar-refractivity contribution in [3.05, 3.63) is 0 Å². The summed E-state index contributed by atoms with van der Waals surface area (Å²) in [5.41, 5.74) is -0.330. The van der Waals surface area contributed by atoms with E-state index in [1.807, 2.05) is 30.6 Å². The molecule has 18 heavy (non-hydrogen) atoms. The Balaban J connectivity index is 2.37. The third-order valence-electron chi connectivity index (χ3n) is 2.96. The molecule has 104 valence electrons. The van der Waals surface area contributed by atoms with Crippen LogP contribution in [0.15, 0.2) is 0 Å². The normalized spacial score (nSPS) is 17.7. The number of carbonyl (C=O) groups is 2. The smallest absolute Gasteiger partial charge is 0.320 e. The van der Waals surface area contributed by atoms with Crippen LogP contribution in [-0.2, 0) is 14.3 Å². The zero-order valence-electron chi connectivity index (χ0n) is 11.9. The highest BCUT2D eigenvalue weighted by atomic mass is 16.5. The van der Waals surface area contributed by atoms with Gasteiger partial charge in [0.25, 0.3) is 0 Å². The average molecular weight is 256 g/mol. The lowest BCUT2D eigenvalue weighted by molar-refractivity contribution is -0.146. The zero-order valence-corrected chi connectivity index (χ0v) is 11.9. The van der Waals surface area contributed by atoms with Crippen molar-refractivity contribution in [3.63, 3.8) is 0 Å². The van der Waals surface area contributed by atoms with E-state index in [9.17, 15) is 9.59 Å². The SMILES string of the molecule is CCOC(=O)CN1CCN(C(=O)C(C)(C)C)CC1. The van der Waals surface area contributed by atoms with Crippen molar-refractivity contribution in [3.8, 4) is 0 Å². The highest BCUT2D eigenvalue weighted by Crippen LogP contribution is 2.18. The van der Waals surface area contributed by atoms with Crippen LogP contribution in [0.25, 0.3) is 0 Å². The summed E-state index contributed by atoms with van der Waals surface area (Å²) in [5.74, 6) is -0.00798. The molecular formula is C13H24N2O3. The van der Waals surface area contributed by atoms with Gasteiger partial charge in [0, 0.05) is 31.6 Å². The van der Waals surface area contributed by atoms with E-state index in [1.54, 1.807) is 6.92 Å². The van der Waals surface area contributed by atoms with Gasteiger partial charge in [-0.2, -0.15) is 0 Å². The summed E-state index contributed by atoms with van der Waals surface area (Å²) in [4.78, 5) is 27.3. The largest absolute Gasteiger partial charge is 0.465 e. The third-order valence-corrected chi connectivity index (χ3v) is 2.96. The van der Waals surface area contributed by atoms with Gasteiger partial charge in [0.15, 0.2) is 0 Å². The second-order valence-corrected chi connectivity index (χ2v) is 5.62. The molecule has 1 aliphatic heterocycles. The number of amides is 1. The quantitative estimate of drug-likeness (QED) is 0.699. The lowest BCUT2D eigenvalue weighted by Gasteiger charge is -2.37. The Hall–Kier alpha value is -1.10. The second-order valence-electron chi connectivity index (χ2n) is 5.62. The van der Waals surface area contributed by atoms with E-state index in [0.717, 1.165) is 13.1 Å². The molecule has 0 radical (unpaired) electrons. The van der Waals surface area contributed by atoms with Crippen LogP contribution in [0.1, 0.15) is 27.7 Å². The maximum absolute atomic E-state index is 12.1. The molecule has 0 aliphatic carbocycles. The van der Waals surface area contributed by atoms with Crippen LogP contribution in [0.4, 0.5) is 0 Å². The molecule has 1 saturated heterocycles. The topological polar surface area (TPSA) is 49.9 Å². The van der Waals surface area contributed by atoms with Crippen molar-refractivity contribution in [2.75, 3.05) is 39.3 Å². The average Bonchev–Trinajstić information content (AvgIpc) is 2.28. The van der Waals surface area contributed by atoms with Crippen molar-refractivity contribution >= 4 is 11.9 Å². The Morgan fingerprint density at radius 2 is 1.67 bits per heavy atom. The number of rotatable bonds is 3. The van der Waals surface area contributed by atoms with E-state index in [0.29, 0.717) is 26.2 Å². The van der Waals surface area contributed by atoms with E-state index in [4.69, 9.17) is 4.74 Å². The molecule has 1 rings (SSSR count). The fourth-order valence-corrected chi connectivity index (χ4v) is 1.97. The molecule has 0 aromatic rings. The summed E-state index contributed by atoms with van der Waals surface area (Å²) in [5, 5.41) is 0. The van der Waals surface area contributed by atoms with Gasteiger partial charge in [0.1, 0.15) is 0 Å². The van der Waals surface area contributed by atoms with Crippen LogP contribution in [0, 0.1) is 5.41 Å². The summed E-state index contributed by atoms with van der Waals surface area (Å²) in [6.07, 6.45) is 0. The van der Waals surface area contributed by atoms with Gasteiger partial charge in [0.05, 0.1) is 13.2 Å². The molecule has 0 aromatic heterocycles. The van der Waals surface area contributed by atoms with Crippen LogP contribution in [0.2, 0.25) is 0 Å². The first-order valence-corrected chi connectivity index (χ1v) is 6.52.